The summed E-state index contributed by atoms with van der Waals surface area (Å²) in [6.45, 7) is 4.06. The van der Waals surface area contributed by atoms with Crippen LogP contribution in [0.1, 0.15) is 20.8 Å². The molecule has 1 heterocycles. The number of thiazole rings is 1. The van der Waals surface area contributed by atoms with Gasteiger partial charge < -0.3 is 10.6 Å². The summed E-state index contributed by atoms with van der Waals surface area (Å²) < 4.78 is 0. The summed E-state index contributed by atoms with van der Waals surface area (Å²) in [5, 5.41) is 8.58. The number of nitrogens with zero attached hydrogens (tertiary/aromatic N) is 1. The average Bonchev–Trinajstić information content (AvgIpc) is 3.27. The van der Waals surface area contributed by atoms with Crippen molar-refractivity contribution in [1.29, 1.82) is 0 Å². The second kappa shape index (κ2) is 11.0. The molecule has 1 aromatic heterocycles. The standard InChI is InChI=1S/C30H25N3O2S2/c1-19-7-9-22(10-8-19)28-20(2)37-30(33-28)32-27(34)18-36-26-15-13-25(14-16-26)31-29(35)24-12-11-21-5-3-4-6-23(21)17-24/h3-17H,18H2,1-2H3,(H,31,35)(H,32,33,34). The normalized spacial score (nSPS) is 10.9. The third-order valence-corrected chi connectivity index (χ3v) is 7.76. The largest absolute Gasteiger partial charge is 0.322 e. The van der Waals surface area contributed by atoms with E-state index in [-0.39, 0.29) is 17.6 Å². The Balaban J connectivity index is 1.14. The molecule has 2 amide bonds. The number of aryl methyl sites for hydroxylation is 2. The number of hydrogen-bond acceptors (Lipinski definition) is 5. The highest BCUT2D eigenvalue weighted by molar-refractivity contribution is 8.00. The van der Waals surface area contributed by atoms with E-state index in [0.717, 1.165) is 31.8 Å². The number of fused-ring (bicyclic) bond motifs is 1. The first-order chi connectivity index (χ1) is 17.9. The summed E-state index contributed by atoms with van der Waals surface area (Å²) in [5.41, 5.74) is 4.45. The van der Waals surface area contributed by atoms with Gasteiger partial charge in [0, 0.05) is 26.6 Å². The summed E-state index contributed by atoms with van der Waals surface area (Å²) >= 11 is 2.91. The van der Waals surface area contributed by atoms with Gasteiger partial charge in [-0.1, -0.05) is 60.2 Å². The number of amides is 2. The molecule has 0 bridgehead atoms. The first-order valence-electron chi connectivity index (χ1n) is 11.8. The van der Waals surface area contributed by atoms with Crippen molar-refractivity contribution in [3.05, 3.63) is 107 Å². The van der Waals surface area contributed by atoms with Crippen molar-refractivity contribution in [3.63, 3.8) is 0 Å². The highest BCUT2D eigenvalue weighted by Crippen LogP contribution is 2.31. The van der Waals surface area contributed by atoms with Gasteiger partial charge in [0.15, 0.2) is 5.13 Å². The smallest absolute Gasteiger partial charge is 0.255 e. The van der Waals surface area contributed by atoms with E-state index < -0.39 is 0 Å². The van der Waals surface area contributed by atoms with E-state index >= 15 is 0 Å². The van der Waals surface area contributed by atoms with Crippen LogP contribution in [0.4, 0.5) is 10.8 Å². The van der Waals surface area contributed by atoms with Crippen LogP contribution in [0.25, 0.3) is 22.0 Å². The van der Waals surface area contributed by atoms with Crippen LogP contribution in [0.2, 0.25) is 0 Å². The zero-order valence-corrected chi connectivity index (χ0v) is 22.1. The number of carbonyl (C=O) groups excluding carboxylic acids is 2. The minimum Gasteiger partial charge on any atom is -0.322 e. The second-order valence-corrected chi connectivity index (χ2v) is 10.9. The van der Waals surface area contributed by atoms with E-state index in [9.17, 15) is 9.59 Å². The molecule has 2 N–H and O–H groups in total. The monoisotopic (exact) mass is 523 g/mol. The lowest BCUT2D eigenvalue weighted by atomic mass is 10.1. The van der Waals surface area contributed by atoms with Crippen LogP contribution < -0.4 is 10.6 Å². The molecule has 5 aromatic rings. The first kappa shape index (κ1) is 24.7. The predicted octanol–water partition coefficient (Wildman–Crippen LogP) is 7.56. The molecule has 0 fully saturated rings. The fourth-order valence-corrected chi connectivity index (χ4v) is 5.45. The molecule has 0 radical (unpaired) electrons. The summed E-state index contributed by atoms with van der Waals surface area (Å²) in [5.74, 6) is -0.00134. The van der Waals surface area contributed by atoms with Gasteiger partial charge in [-0.3, -0.25) is 9.59 Å². The molecule has 37 heavy (non-hydrogen) atoms. The molecule has 0 spiro atoms. The number of anilines is 2. The average molecular weight is 524 g/mol. The van der Waals surface area contributed by atoms with Crippen molar-refractivity contribution in [3.8, 4) is 11.3 Å². The molecule has 0 unspecified atom stereocenters. The summed E-state index contributed by atoms with van der Waals surface area (Å²) in [4.78, 5) is 31.8. The van der Waals surface area contributed by atoms with E-state index in [1.165, 1.54) is 28.7 Å². The zero-order chi connectivity index (χ0) is 25.8. The van der Waals surface area contributed by atoms with Gasteiger partial charge in [-0.05, 0) is 61.0 Å². The van der Waals surface area contributed by atoms with Crippen LogP contribution in [-0.4, -0.2) is 22.6 Å². The Bertz CT molecular complexity index is 1580. The quantitative estimate of drug-likeness (QED) is 0.216. The van der Waals surface area contributed by atoms with Gasteiger partial charge >= 0.3 is 0 Å². The van der Waals surface area contributed by atoms with E-state index in [1.807, 2.05) is 85.8 Å². The van der Waals surface area contributed by atoms with Crippen molar-refractivity contribution in [2.45, 2.75) is 18.7 Å². The van der Waals surface area contributed by atoms with Gasteiger partial charge in [0.25, 0.3) is 5.91 Å². The number of nitrogens with one attached hydrogen (secondary N) is 2. The SMILES string of the molecule is Cc1ccc(-c2nc(NC(=O)CSc3ccc(NC(=O)c4ccc5ccccc5c4)cc3)sc2C)cc1. The molecule has 0 saturated carbocycles. The molecule has 0 atom stereocenters. The van der Waals surface area contributed by atoms with Gasteiger partial charge in [-0.2, -0.15) is 0 Å². The topological polar surface area (TPSA) is 71.1 Å². The lowest BCUT2D eigenvalue weighted by molar-refractivity contribution is -0.113. The Morgan fingerprint density at radius 2 is 1.57 bits per heavy atom. The lowest BCUT2D eigenvalue weighted by Gasteiger charge is -2.08. The second-order valence-electron chi connectivity index (χ2n) is 8.67. The Hall–Kier alpha value is -3.94. The number of aromatic nitrogens is 1. The predicted molar refractivity (Wildman–Crippen MR) is 155 cm³/mol. The lowest BCUT2D eigenvalue weighted by Crippen LogP contribution is -2.13. The van der Waals surface area contributed by atoms with Crippen LogP contribution in [-0.2, 0) is 4.79 Å². The van der Waals surface area contributed by atoms with Crippen molar-refractivity contribution in [1.82, 2.24) is 4.98 Å². The van der Waals surface area contributed by atoms with Gasteiger partial charge in [-0.25, -0.2) is 4.98 Å². The highest BCUT2D eigenvalue weighted by atomic mass is 32.2. The maximum absolute atomic E-state index is 12.7. The van der Waals surface area contributed by atoms with E-state index in [4.69, 9.17) is 0 Å². The Labute approximate surface area is 224 Å². The van der Waals surface area contributed by atoms with Crippen LogP contribution in [0.15, 0.2) is 95.9 Å². The van der Waals surface area contributed by atoms with Crippen molar-refractivity contribution in [2.75, 3.05) is 16.4 Å². The van der Waals surface area contributed by atoms with Gasteiger partial charge in [0.1, 0.15) is 0 Å². The maximum atomic E-state index is 12.7. The number of rotatable bonds is 7. The Morgan fingerprint density at radius 1 is 0.838 bits per heavy atom. The minimum absolute atomic E-state index is 0.108. The third-order valence-electron chi connectivity index (χ3n) is 5.86. The molecule has 7 heteroatoms. The van der Waals surface area contributed by atoms with E-state index in [2.05, 4.69) is 34.7 Å². The van der Waals surface area contributed by atoms with Crippen molar-refractivity contribution in [2.24, 2.45) is 0 Å². The molecule has 0 saturated heterocycles. The fraction of sp³-hybridized carbons (Fsp3) is 0.100. The molecule has 0 aliphatic rings. The number of hydrogen-bond donors (Lipinski definition) is 2. The number of carbonyl (C=O) groups is 2. The minimum atomic E-state index is -0.158. The molecule has 5 nitrogen and oxygen atoms in total. The highest BCUT2D eigenvalue weighted by Gasteiger charge is 2.13. The fourth-order valence-electron chi connectivity index (χ4n) is 3.90. The van der Waals surface area contributed by atoms with Crippen LogP contribution in [0.3, 0.4) is 0 Å². The molecule has 184 valence electrons. The Morgan fingerprint density at radius 3 is 2.32 bits per heavy atom. The van der Waals surface area contributed by atoms with E-state index in [0.29, 0.717) is 16.4 Å². The molecular formula is C30H25N3O2S2. The number of thioether (sulfide) groups is 1. The maximum Gasteiger partial charge on any atom is 0.255 e. The third kappa shape index (κ3) is 6.07. The van der Waals surface area contributed by atoms with Crippen LogP contribution >= 0.6 is 23.1 Å². The number of benzene rings is 4. The van der Waals surface area contributed by atoms with Crippen LogP contribution in [0, 0.1) is 13.8 Å². The van der Waals surface area contributed by atoms with Crippen molar-refractivity contribution < 1.29 is 9.59 Å². The van der Waals surface area contributed by atoms with Crippen LogP contribution in [0.5, 0.6) is 0 Å². The molecular weight excluding hydrogens is 498 g/mol. The van der Waals surface area contributed by atoms with Crippen molar-refractivity contribution >= 4 is 56.5 Å². The summed E-state index contributed by atoms with van der Waals surface area (Å²) in [6.07, 6.45) is 0. The molecule has 0 aliphatic heterocycles. The molecule has 4 aromatic carbocycles. The van der Waals surface area contributed by atoms with Gasteiger partial charge in [0.05, 0.1) is 11.4 Å². The first-order valence-corrected chi connectivity index (χ1v) is 13.6. The Kier molecular flexibility index (Phi) is 7.35. The van der Waals surface area contributed by atoms with E-state index in [1.54, 1.807) is 0 Å². The van der Waals surface area contributed by atoms with Gasteiger partial charge in [-0.15, -0.1) is 23.1 Å². The summed E-state index contributed by atoms with van der Waals surface area (Å²) in [7, 11) is 0. The molecule has 5 rings (SSSR count). The zero-order valence-electron chi connectivity index (χ0n) is 20.4. The molecule has 0 aliphatic carbocycles. The van der Waals surface area contributed by atoms with Gasteiger partial charge in [0.2, 0.25) is 5.91 Å². The summed E-state index contributed by atoms with van der Waals surface area (Å²) in [6, 6.07) is 29.3.